The summed E-state index contributed by atoms with van der Waals surface area (Å²) in [6.07, 6.45) is 4.77. The number of benzene rings is 1. The summed E-state index contributed by atoms with van der Waals surface area (Å²) >= 11 is 5.97. The molecule has 20 heavy (non-hydrogen) atoms. The summed E-state index contributed by atoms with van der Waals surface area (Å²) in [5.74, 6) is 0.876. The van der Waals surface area contributed by atoms with Crippen molar-refractivity contribution in [3.8, 4) is 0 Å². The smallest absolute Gasteiger partial charge is 0.203 e. The van der Waals surface area contributed by atoms with Crippen LogP contribution < -0.4 is 5.32 Å². The number of hydrogen-bond donors (Lipinski definition) is 1. The van der Waals surface area contributed by atoms with Crippen LogP contribution in [0.25, 0.3) is 0 Å². The SMILES string of the molecule is CCOCCCn1ccnc1NCc1cccc(Cl)c1. The molecule has 0 aliphatic heterocycles. The zero-order chi connectivity index (χ0) is 14.2. The minimum Gasteiger partial charge on any atom is -0.382 e. The van der Waals surface area contributed by atoms with Crippen LogP contribution in [-0.2, 0) is 17.8 Å². The van der Waals surface area contributed by atoms with Crippen molar-refractivity contribution in [1.29, 1.82) is 0 Å². The quantitative estimate of drug-likeness (QED) is 0.756. The topological polar surface area (TPSA) is 39.1 Å². The van der Waals surface area contributed by atoms with Gasteiger partial charge in [-0.25, -0.2) is 4.98 Å². The third-order valence-electron chi connectivity index (χ3n) is 2.95. The Morgan fingerprint density at radius 2 is 2.30 bits per heavy atom. The molecular weight excluding hydrogens is 274 g/mol. The maximum atomic E-state index is 5.97. The summed E-state index contributed by atoms with van der Waals surface area (Å²) in [7, 11) is 0. The van der Waals surface area contributed by atoms with E-state index in [-0.39, 0.29) is 0 Å². The van der Waals surface area contributed by atoms with Gasteiger partial charge < -0.3 is 14.6 Å². The zero-order valence-electron chi connectivity index (χ0n) is 11.7. The van der Waals surface area contributed by atoms with Gasteiger partial charge in [0.25, 0.3) is 0 Å². The van der Waals surface area contributed by atoms with Crippen molar-refractivity contribution in [2.24, 2.45) is 0 Å². The summed E-state index contributed by atoms with van der Waals surface area (Å²) in [5, 5.41) is 4.08. The molecule has 0 saturated heterocycles. The number of nitrogens with one attached hydrogen (secondary N) is 1. The number of imidazole rings is 1. The Hall–Kier alpha value is -1.52. The average Bonchev–Trinajstić information content (AvgIpc) is 2.89. The van der Waals surface area contributed by atoms with Crippen LogP contribution in [-0.4, -0.2) is 22.8 Å². The van der Waals surface area contributed by atoms with E-state index in [4.69, 9.17) is 16.3 Å². The van der Waals surface area contributed by atoms with Gasteiger partial charge in [0.05, 0.1) is 0 Å². The van der Waals surface area contributed by atoms with Gasteiger partial charge in [0.15, 0.2) is 0 Å². The molecule has 0 aliphatic rings. The summed E-state index contributed by atoms with van der Waals surface area (Å²) in [6.45, 7) is 5.17. The zero-order valence-corrected chi connectivity index (χ0v) is 12.4. The van der Waals surface area contributed by atoms with Gasteiger partial charge in [-0.3, -0.25) is 0 Å². The third-order valence-corrected chi connectivity index (χ3v) is 3.18. The molecule has 5 heteroatoms. The standard InChI is InChI=1S/C15H20ClN3O/c1-2-20-10-4-8-19-9-7-17-15(19)18-12-13-5-3-6-14(16)11-13/h3,5-7,9,11H,2,4,8,10,12H2,1H3,(H,17,18). The second-order valence-electron chi connectivity index (χ2n) is 4.48. The van der Waals surface area contributed by atoms with Gasteiger partial charge in [0.1, 0.15) is 0 Å². The first-order valence-electron chi connectivity index (χ1n) is 6.87. The monoisotopic (exact) mass is 293 g/mol. The fourth-order valence-electron chi connectivity index (χ4n) is 1.97. The van der Waals surface area contributed by atoms with Crippen LogP contribution in [0.2, 0.25) is 5.02 Å². The number of rotatable bonds is 8. The molecule has 0 bridgehead atoms. The van der Waals surface area contributed by atoms with Crippen LogP contribution in [0.3, 0.4) is 0 Å². The molecule has 2 aromatic rings. The van der Waals surface area contributed by atoms with E-state index in [0.717, 1.165) is 42.7 Å². The van der Waals surface area contributed by atoms with Gasteiger partial charge >= 0.3 is 0 Å². The van der Waals surface area contributed by atoms with E-state index in [2.05, 4.69) is 14.9 Å². The second-order valence-corrected chi connectivity index (χ2v) is 4.91. The first-order valence-corrected chi connectivity index (χ1v) is 7.24. The maximum Gasteiger partial charge on any atom is 0.203 e. The number of anilines is 1. The molecule has 1 N–H and O–H groups in total. The van der Waals surface area contributed by atoms with E-state index in [1.165, 1.54) is 0 Å². The van der Waals surface area contributed by atoms with Gasteiger partial charge in [0, 0.05) is 43.7 Å². The van der Waals surface area contributed by atoms with Gasteiger partial charge in [-0.15, -0.1) is 0 Å². The summed E-state index contributed by atoms with van der Waals surface area (Å²) in [4.78, 5) is 4.33. The summed E-state index contributed by atoms with van der Waals surface area (Å²) < 4.78 is 7.45. The molecule has 0 aliphatic carbocycles. The Labute approximate surface area is 124 Å². The van der Waals surface area contributed by atoms with Crippen LogP contribution in [0.1, 0.15) is 18.9 Å². The van der Waals surface area contributed by atoms with E-state index in [1.807, 2.05) is 37.4 Å². The lowest BCUT2D eigenvalue weighted by molar-refractivity contribution is 0.142. The molecule has 108 valence electrons. The molecule has 1 heterocycles. The highest BCUT2D eigenvalue weighted by Gasteiger charge is 2.02. The number of aryl methyl sites for hydroxylation is 1. The van der Waals surface area contributed by atoms with Crippen molar-refractivity contribution < 1.29 is 4.74 Å². The number of ether oxygens (including phenoxy) is 1. The van der Waals surface area contributed by atoms with Crippen LogP contribution in [0, 0.1) is 0 Å². The van der Waals surface area contributed by atoms with Crippen LogP contribution in [0.5, 0.6) is 0 Å². The fraction of sp³-hybridized carbons (Fsp3) is 0.400. The van der Waals surface area contributed by atoms with E-state index >= 15 is 0 Å². The van der Waals surface area contributed by atoms with Crippen molar-refractivity contribution in [2.75, 3.05) is 18.5 Å². The highest BCUT2D eigenvalue weighted by molar-refractivity contribution is 6.30. The Bertz CT molecular complexity index is 527. The number of aromatic nitrogens is 2. The molecule has 0 fully saturated rings. The molecule has 1 aromatic carbocycles. The Morgan fingerprint density at radius 1 is 1.40 bits per heavy atom. The molecule has 0 amide bonds. The summed E-state index contributed by atoms with van der Waals surface area (Å²) in [5.41, 5.74) is 1.14. The predicted octanol–water partition coefficient (Wildman–Crippen LogP) is 3.58. The molecule has 4 nitrogen and oxygen atoms in total. The van der Waals surface area contributed by atoms with Crippen molar-refractivity contribution in [3.63, 3.8) is 0 Å². The molecule has 0 radical (unpaired) electrons. The first-order chi connectivity index (χ1) is 9.79. The van der Waals surface area contributed by atoms with Crippen LogP contribution in [0.15, 0.2) is 36.7 Å². The molecule has 2 rings (SSSR count). The molecule has 0 spiro atoms. The Morgan fingerprint density at radius 3 is 3.10 bits per heavy atom. The second kappa shape index (κ2) is 7.92. The van der Waals surface area contributed by atoms with Gasteiger partial charge in [-0.2, -0.15) is 0 Å². The minimum absolute atomic E-state index is 0.711. The van der Waals surface area contributed by atoms with Crippen molar-refractivity contribution >= 4 is 17.5 Å². The highest BCUT2D eigenvalue weighted by Crippen LogP contribution is 2.13. The van der Waals surface area contributed by atoms with Gasteiger partial charge in [-0.05, 0) is 31.0 Å². The molecule has 0 atom stereocenters. The van der Waals surface area contributed by atoms with Crippen LogP contribution >= 0.6 is 11.6 Å². The van der Waals surface area contributed by atoms with E-state index < -0.39 is 0 Å². The summed E-state index contributed by atoms with van der Waals surface area (Å²) in [6, 6.07) is 7.83. The maximum absolute atomic E-state index is 5.97. The van der Waals surface area contributed by atoms with E-state index in [0.29, 0.717) is 6.54 Å². The molecule has 0 saturated carbocycles. The predicted molar refractivity (Wildman–Crippen MR) is 82.1 cm³/mol. The number of nitrogens with zero attached hydrogens (tertiary/aromatic N) is 2. The lowest BCUT2D eigenvalue weighted by atomic mass is 10.2. The molecule has 1 aromatic heterocycles. The molecule has 0 unspecified atom stereocenters. The van der Waals surface area contributed by atoms with Crippen molar-refractivity contribution in [2.45, 2.75) is 26.4 Å². The minimum atomic E-state index is 0.711. The van der Waals surface area contributed by atoms with Crippen molar-refractivity contribution in [3.05, 3.63) is 47.2 Å². The number of hydrogen-bond acceptors (Lipinski definition) is 3. The van der Waals surface area contributed by atoms with E-state index in [1.54, 1.807) is 6.20 Å². The van der Waals surface area contributed by atoms with Gasteiger partial charge in [0.2, 0.25) is 5.95 Å². The highest BCUT2D eigenvalue weighted by atomic mass is 35.5. The van der Waals surface area contributed by atoms with Crippen LogP contribution in [0.4, 0.5) is 5.95 Å². The third kappa shape index (κ3) is 4.54. The molecular formula is C15H20ClN3O. The van der Waals surface area contributed by atoms with Crippen molar-refractivity contribution in [1.82, 2.24) is 9.55 Å². The fourth-order valence-corrected chi connectivity index (χ4v) is 2.18. The Balaban J connectivity index is 1.85. The lowest BCUT2D eigenvalue weighted by Gasteiger charge is -2.10. The lowest BCUT2D eigenvalue weighted by Crippen LogP contribution is -2.09. The van der Waals surface area contributed by atoms with E-state index in [9.17, 15) is 0 Å². The van der Waals surface area contributed by atoms with Gasteiger partial charge in [-0.1, -0.05) is 23.7 Å². The first kappa shape index (κ1) is 14.9. The average molecular weight is 294 g/mol. The normalized spacial score (nSPS) is 10.7. The Kier molecular flexibility index (Phi) is 5.89. The number of halogens is 1. The largest absolute Gasteiger partial charge is 0.382 e.